The van der Waals surface area contributed by atoms with E-state index in [0.29, 0.717) is 0 Å². The largest absolute Gasteiger partial charge is 0.310 e. The fraction of sp³-hybridized carbons (Fsp3) is 0.0909. The molecule has 0 spiro atoms. The van der Waals surface area contributed by atoms with Gasteiger partial charge in [0.25, 0.3) is 0 Å². The second-order valence-corrected chi connectivity index (χ2v) is 19.7. The van der Waals surface area contributed by atoms with E-state index in [4.69, 9.17) is 0 Å². The molecule has 0 amide bonds. The maximum Gasteiger partial charge on any atom is 0.0547 e. The van der Waals surface area contributed by atoms with Crippen LogP contribution in [0.15, 0.2) is 231 Å². The molecule has 68 heavy (non-hydrogen) atoms. The van der Waals surface area contributed by atoms with Crippen molar-refractivity contribution in [2.24, 2.45) is 0 Å². The zero-order valence-corrected chi connectivity index (χ0v) is 38.8. The van der Waals surface area contributed by atoms with Gasteiger partial charge in [-0.1, -0.05) is 198 Å². The quantitative estimate of drug-likeness (QED) is 0.155. The van der Waals surface area contributed by atoms with Gasteiger partial charge < -0.3 is 9.47 Å². The zero-order valence-electron chi connectivity index (χ0n) is 38.8. The Morgan fingerprint density at radius 1 is 0.309 bits per heavy atom. The molecule has 324 valence electrons. The number of aromatic nitrogens is 1. The molecule has 0 N–H and O–H groups in total. The highest BCUT2D eigenvalue weighted by molar-refractivity contribution is 6.10. The maximum absolute atomic E-state index is 2.52. The van der Waals surface area contributed by atoms with Gasteiger partial charge in [-0.25, -0.2) is 0 Å². The van der Waals surface area contributed by atoms with E-state index in [-0.39, 0.29) is 10.8 Å². The van der Waals surface area contributed by atoms with E-state index >= 15 is 0 Å². The molecule has 13 rings (SSSR count). The number of hydrogen-bond acceptors (Lipinski definition) is 1. The lowest BCUT2D eigenvalue weighted by molar-refractivity contribution is 0.656. The monoisotopic (exact) mass is 870 g/mol. The van der Waals surface area contributed by atoms with Gasteiger partial charge in [0, 0.05) is 38.7 Å². The van der Waals surface area contributed by atoms with Crippen molar-refractivity contribution in [3.05, 3.63) is 253 Å². The molecule has 2 heteroatoms. The second kappa shape index (κ2) is 15.2. The molecule has 1 aromatic heterocycles. The van der Waals surface area contributed by atoms with Crippen LogP contribution in [-0.4, -0.2) is 4.57 Å². The predicted octanol–water partition coefficient (Wildman–Crippen LogP) is 17.9. The van der Waals surface area contributed by atoms with E-state index in [9.17, 15) is 0 Å². The summed E-state index contributed by atoms with van der Waals surface area (Å²) in [7, 11) is 0. The molecule has 1 heterocycles. The Bertz CT molecular complexity index is 3790. The molecule has 0 saturated carbocycles. The molecule has 2 nitrogen and oxygen atoms in total. The molecule has 11 aromatic rings. The van der Waals surface area contributed by atoms with Gasteiger partial charge >= 0.3 is 0 Å². The fourth-order valence-electron chi connectivity index (χ4n) is 11.8. The number of rotatable bonds is 7. The molecule has 2 aliphatic rings. The third kappa shape index (κ3) is 6.10. The molecule has 0 atom stereocenters. The first-order valence-electron chi connectivity index (χ1n) is 23.9. The number of nitrogens with zero attached hydrogens (tertiary/aromatic N) is 2. The van der Waals surface area contributed by atoms with Gasteiger partial charge in [-0.2, -0.15) is 0 Å². The summed E-state index contributed by atoms with van der Waals surface area (Å²) in [5, 5.41) is 2.52. The minimum Gasteiger partial charge on any atom is -0.310 e. The van der Waals surface area contributed by atoms with Crippen molar-refractivity contribution in [3.8, 4) is 61.3 Å². The Morgan fingerprint density at radius 3 is 1.60 bits per heavy atom. The summed E-state index contributed by atoms with van der Waals surface area (Å²) < 4.78 is 2.52. The molecule has 2 aliphatic carbocycles. The Balaban J connectivity index is 0.921. The summed E-state index contributed by atoms with van der Waals surface area (Å²) in [6.07, 6.45) is 0. The summed E-state index contributed by atoms with van der Waals surface area (Å²) >= 11 is 0. The molecule has 0 bridgehead atoms. The summed E-state index contributed by atoms with van der Waals surface area (Å²) in [4.78, 5) is 2.42. The molecular weight excluding hydrogens is 821 g/mol. The highest BCUT2D eigenvalue weighted by Gasteiger charge is 2.38. The van der Waals surface area contributed by atoms with Gasteiger partial charge in [0.15, 0.2) is 0 Å². The van der Waals surface area contributed by atoms with Crippen LogP contribution in [0.1, 0.15) is 49.9 Å². The zero-order chi connectivity index (χ0) is 45.7. The highest BCUT2D eigenvalue weighted by atomic mass is 15.1. The van der Waals surface area contributed by atoms with Crippen LogP contribution in [0.25, 0.3) is 83.1 Å². The molecule has 0 aliphatic heterocycles. The minimum atomic E-state index is -0.148. The average Bonchev–Trinajstić information content (AvgIpc) is 3.93. The standard InChI is InChI=1S/C66H50N2/c1-65(2)58-27-11-9-24-53(58)57-42-51(36-38-60(57)65)67(49-34-31-44(32-35-49)43-17-6-5-7-18-43)50-22-15-21-47(40-50)45-19-14-20-46(39-45)48-33-37-55-54-25-10-13-29-61(54)68(63(55)41-48)62-30-16-26-56-52-23-8-12-28-59(52)66(3,4)64(56)62/h5-42H,1-4H3. The summed E-state index contributed by atoms with van der Waals surface area (Å²) in [5.41, 5.74) is 24.8. The predicted molar refractivity (Wildman–Crippen MR) is 287 cm³/mol. The SMILES string of the molecule is CC1(C)c2ccccc2-c2cc(N(c3ccc(-c4ccccc4)cc3)c3cccc(-c4cccc(-c5ccc6c7ccccc7n(-c7cccc8c7C(C)(C)c7ccccc7-8)c6c5)c4)c3)ccc21. The first-order valence-corrected chi connectivity index (χ1v) is 23.9. The van der Waals surface area contributed by atoms with E-state index in [1.54, 1.807) is 0 Å². The van der Waals surface area contributed by atoms with Crippen molar-refractivity contribution in [3.63, 3.8) is 0 Å². The smallest absolute Gasteiger partial charge is 0.0547 e. The third-order valence-corrected chi connectivity index (χ3v) is 15.2. The van der Waals surface area contributed by atoms with E-state index in [1.807, 2.05) is 0 Å². The van der Waals surface area contributed by atoms with Gasteiger partial charge in [-0.05, 0) is 139 Å². The lowest BCUT2D eigenvalue weighted by Gasteiger charge is -2.28. The van der Waals surface area contributed by atoms with Crippen molar-refractivity contribution in [2.75, 3.05) is 4.90 Å². The topological polar surface area (TPSA) is 8.17 Å². The van der Waals surface area contributed by atoms with Crippen molar-refractivity contribution in [2.45, 2.75) is 38.5 Å². The fourth-order valence-corrected chi connectivity index (χ4v) is 11.8. The molecule has 0 radical (unpaired) electrons. The van der Waals surface area contributed by atoms with Crippen LogP contribution < -0.4 is 4.90 Å². The van der Waals surface area contributed by atoms with Gasteiger partial charge in [0.2, 0.25) is 0 Å². The average molecular weight is 871 g/mol. The Hall–Kier alpha value is -8.20. The Morgan fingerprint density at radius 2 is 0.824 bits per heavy atom. The lowest BCUT2D eigenvalue weighted by Crippen LogP contribution is -2.18. The Labute approximate surface area is 399 Å². The number of anilines is 3. The number of para-hydroxylation sites is 1. The van der Waals surface area contributed by atoms with E-state index in [2.05, 4.69) is 268 Å². The van der Waals surface area contributed by atoms with Crippen LogP contribution in [-0.2, 0) is 10.8 Å². The number of fused-ring (bicyclic) bond motifs is 9. The molecule has 0 fully saturated rings. The number of hydrogen-bond donors (Lipinski definition) is 0. The van der Waals surface area contributed by atoms with Crippen molar-refractivity contribution < 1.29 is 0 Å². The molecule has 0 saturated heterocycles. The van der Waals surface area contributed by atoms with E-state index in [0.717, 1.165) is 17.1 Å². The van der Waals surface area contributed by atoms with Gasteiger partial charge in [-0.3, -0.25) is 0 Å². The number of benzene rings is 10. The minimum absolute atomic E-state index is 0.0657. The maximum atomic E-state index is 2.52. The van der Waals surface area contributed by atoms with Gasteiger partial charge in [-0.15, -0.1) is 0 Å². The highest BCUT2D eigenvalue weighted by Crippen LogP contribution is 2.53. The molecule has 0 unspecified atom stereocenters. The lowest BCUT2D eigenvalue weighted by atomic mass is 9.81. The van der Waals surface area contributed by atoms with Crippen molar-refractivity contribution >= 4 is 38.9 Å². The van der Waals surface area contributed by atoms with Crippen LogP contribution in [0.2, 0.25) is 0 Å². The summed E-state index contributed by atoms with van der Waals surface area (Å²) in [6, 6.07) is 85.5. The van der Waals surface area contributed by atoms with Crippen LogP contribution in [0.5, 0.6) is 0 Å². The van der Waals surface area contributed by atoms with Crippen LogP contribution in [0, 0.1) is 0 Å². The molecular formula is C66H50N2. The second-order valence-electron chi connectivity index (χ2n) is 19.7. The Kier molecular flexibility index (Phi) is 8.95. The van der Waals surface area contributed by atoms with Crippen LogP contribution >= 0.6 is 0 Å². The van der Waals surface area contributed by atoms with Crippen LogP contribution in [0.3, 0.4) is 0 Å². The normalized spacial score (nSPS) is 13.8. The third-order valence-electron chi connectivity index (χ3n) is 15.2. The first kappa shape index (κ1) is 40.1. The first-order chi connectivity index (χ1) is 33.2. The van der Waals surface area contributed by atoms with Crippen molar-refractivity contribution in [1.82, 2.24) is 4.57 Å². The van der Waals surface area contributed by atoms with Gasteiger partial charge in [0.1, 0.15) is 0 Å². The molecule has 10 aromatic carbocycles. The summed E-state index contributed by atoms with van der Waals surface area (Å²) in [5.74, 6) is 0. The summed E-state index contributed by atoms with van der Waals surface area (Å²) in [6.45, 7) is 9.46. The van der Waals surface area contributed by atoms with E-state index < -0.39 is 0 Å². The van der Waals surface area contributed by atoms with E-state index in [1.165, 1.54) is 105 Å². The van der Waals surface area contributed by atoms with Gasteiger partial charge in [0.05, 0.1) is 16.7 Å². The van der Waals surface area contributed by atoms with Crippen molar-refractivity contribution in [1.29, 1.82) is 0 Å². The van der Waals surface area contributed by atoms with Crippen LogP contribution in [0.4, 0.5) is 17.1 Å².